The fourth-order valence-electron chi connectivity index (χ4n) is 2.74. The van der Waals surface area contributed by atoms with Crippen LogP contribution in [0.1, 0.15) is 40.9 Å². The van der Waals surface area contributed by atoms with Crippen LogP contribution >= 0.6 is 11.3 Å². The van der Waals surface area contributed by atoms with Crippen molar-refractivity contribution in [1.29, 1.82) is 0 Å². The summed E-state index contributed by atoms with van der Waals surface area (Å²) in [6.07, 6.45) is 1.81. The van der Waals surface area contributed by atoms with Crippen molar-refractivity contribution in [1.82, 2.24) is 4.72 Å². The minimum absolute atomic E-state index is 0.0466. The number of rotatable bonds is 5. The van der Waals surface area contributed by atoms with E-state index >= 15 is 0 Å². The molecule has 1 aliphatic rings. The quantitative estimate of drug-likeness (QED) is 0.774. The van der Waals surface area contributed by atoms with E-state index < -0.39 is 27.9 Å². The minimum atomic E-state index is -3.86. The number of nitrogens with one attached hydrogen (secondary N) is 1. The molecule has 0 aromatic carbocycles. The molecule has 1 heterocycles. The van der Waals surface area contributed by atoms with Crippen molar-refractivity contribution in [2.75, 3.05) is 7.11 Å². The Kier molecular flexibility index (Phi) is 5.43. The molecule has 1 fully saturated rings. The molecule has 23 heavy (non-hydrogen) atoms. The Bertz CT molecular complexity index is 701. The van der Waals surface area contributed by atoms with Gasteiger partial charge in [0, 0.05) is 6.04 Å². The van der Waals surface area contributed by atoms with Crippen LogP contribution in [0.2, 0.25) is 0 Å². The molecule has 9 heteroatoms. The average Bonchev–Trinajstić information content (AvgIpc) is 2.89. The Balaban J connectivity index is 2.16. The number of aliphatic carboxylic acids is 1. The van der Waals surface area contributed by atoms with Crippen LogP contribution in [0.3, 0.4) is 0 Å². The number of hydrogen-bond donors (Lipinski definition) is 2. The number of carboxylic acid groups (broad SMARTS) is 1. The molecule has 0 atom stereocenters. The number of ether oxygens (including phenoxy) is 1. The molecule has 0 amide bonds. The number of thiophene rings is 1. The Labute approximate surface area is 138 Å². The van der Waals surface area contributed by atoms with Gasteiger partial charge in [0.05, 0.1) is 13.0 Å². The van der Waals surface area contributed by atoms with Gasteiger partial charge < -0.3 is 9.84 Å². The Hall–Kier alpha value is -1.45. The van der Waals surface area contributed by atoms with E-state index in [1.54, 1.807) is 12.3 Å². The summed E-state index contributed by atoms with van der Waals surface area (Å²) in [4.78, 5) is 22.7. The van der Waals surface area contributed by atoms with E-state index in [1.807, 2.05) is 0 Å². The Morgan fingerprint density at radius 1 is 1.30 bits per heavy atom. The number of hydrogen-bond acceptors (Lipinski definition) is 6. The van der Waals surface area contributed by atoms with Crippen LogP contribution in [0.15, 0.2) is 10.3 Å². The van der Waals surface area contributed by atoms with Crippen molar-refractivity contribution in [3.05, 3.63) is 15.8 Å². The molecule has 1 aromatic rings. The number of carbonyl (C=O) groups excluding carboxylic acids is 1. The zero-order chi connectivity index (χ0) is 17.2. The fourth-order valence-corrected chi connectivity index (χ4v) is 5.75. The molecule has 0 bridgehead atoms. The topological polar surface area (TPSA) is 110 Å². The van der Waals surface area contributed by atoms with E-state index in [0.29, 0.717) is 31.2 Å². The largest absolute Gasteiger partial charge is 0.481 e. The highest BCUT2D eigenvalue weighted by atomic mass is 32.2. The second kappa shape index (κ2) is 6.98. The van der Waals surface area contributed by atoms with Gasteiger partial charge in [-0.05, 0) is 43.6 Å². The average molecular weight is 361 g/mol. The maximum Gasteiger partial charge on any atom is 0.349 e. The molecule has 0 saturated heterocycles. The van der Waals surface area contributed by atoms with Gasteiger partial charge in [-0.3, -0.25) is 4.79 Å². The number of carbonyl (C=O) groups is 2. The lowest BCUT2D eigenvalue weighted by molar-refractivity contribution is -0.142. The van der Waals surface area contributed by atoms with Crippen LogP contribution in [-0.2, 0) is 19.6 Å². The summed E-state index contributed by atoms with van der Waals surface area (Å²) >= 11 is 1.03. The smallest absolute Gasteiger partial charge is 0.349 e. The van der Waals surface area contributed by atoms with E-state index in [4.69, 9.17) is 5.11 Å². The highest BCUT2D eigenvalue weighted by Crippen LogP contribution is 2.30. The van der Waals surface area contributed by atoms with Crippen molar-refractivity contribution >= 4 is 33.3 Å². The second-order valence-corrected chi connectivity index (χ2v) is 8.11. The van der Waals surface area contributed by atoms with Gasteiger partial charge in [-0.15, -0.1) is 11.3 Å². The third kappa shape index (κ3) is 3.91. The van der Waals surface area contributed by atoms with Crippen molar-refractivity contribution in [2.24, 2.45) is 5.92 Å². The zero-order valence-electron chi connectivity index (χ0n) is 12.9. The van der Waals surface area contributed by atoms with Crippen LogP contribution in [-0.4, -0.2) is 38.6 Å². The van der Waals surface area contributed by atoms with Crippen LogP contribution in [0.5, 0.6) is 0 Å². The number of carboxylic acids is 1. The lowest BCUT2D eigenvalue weighted by Crippen LogP contribution is -2.39. The molecule has 0 unspecified atom stereocenters. The molecule has 1 aromatic heterocycles. The lowest BCUT2D eigenvalue weighted by Gasteiger charge is -2.26. The van der Waals surface area contributed by atoms with Gasteiger partial charge in [0.25, 0.3) is 0 Å². The van der Waals surface area contributed by atoms with Crippen LogP contribution in [0, 0.1) is 12.8 Å². The van der Waals surface area contributed by atoms with Crippen LogP contribution in [0.4, 0.5) is 0 Å². The Morgan fingerprint density at radius 2 is 1.91 bits per heavy atom. The van der Waals surface area contributed by atoms with Gasteiger partial charge in [0.15, 0.2) is 0 Å². The van der Waals surface area contributed by atoms with E-state index in [2.05, 4.69) is 9.46 Å². The molecule has 1 aliphatic carbocycles. The molecule has 7 nitrogen and oxygen atoms in total. The molecular weight excluding hydrogens is 342 g/mol. The van der Waals surface area contributed by atoms with Crippen molar-refractivity contribution < 1.29 is 27.9 Å². The summed E-state index contributed by atoms with van der Waals surface area (Å²) < 4.78 is 32.4. The summed E-state index contributed by atoms with van der Waals surface area (Å²) in [5.74, 6) is -1.93. The zero-order valence-corrected chi connectivity index (χ0v) is 14.5. The number of esters is 1. The van der Waals surface area contributed by atoms with Crippen molar-refractivity contribution in [3.8, 4) is 0 Å². The highest BCUT2D eigenvalue weighted by molar-refractivity contribution is 7.89. The van der Waals surface area contributed by atoms with Gasteiger partial charge >= 0.3 is 11.9 Å². The molecular formula is C14H19NO6S2. The summed E-state index contributed by atoms with van der Waals surface area (Å²) in [5, 5.41) is 10.6. The van der Waals surface area contributed by atoms with Crippen molar-refractivity contribution in [2.45, 2.75) is 43.5 Å². The Morgan fingerprint density at radius 3 is 2.43 bits per heavy atom. The van der Waals surface area contributed by atoms with Gasteiger partial charge in [0.2, 0.25) is 10.0 Å². The monoisotopic (exact) mass is 361 g/mol. The maximum absolute atomic E-state index is 12.6. The maximum atomic E-state index is 12.6. The standard InChI is InChI=1S/C14H19NO6S2/c1-8-7-22-11(14(18)21-2)12(8)23(19,20)15-10-5-3-9(4-6-10)13(16)17/h7,9-10,15H,3-6H2,1-2H3,(H,16,17). The predicted molar refractivity (Wildman–Crippen MR) is 84.1 cm³/mol. The molecule has 2 N–H and O–H groups in total. The van der Waals surface area contributed by atoms with Gasteiger partial charge in [-0.25, -0.2) is 17.9 Å². The first kappa shape index (κ1) is 17.9. The first-order chi connectivity index (χ1) is 10.8. The third-order valence-electron chi connectivity index (χ3n) is 3.96. The normalized spacial score (nSPS) is 21.8. The predicted octanol–water partition coefficient (Wildman–Crippen LogP) is 1.76. The summed E-state index contributed by atoms with van der Waals surface area (Å²) in [5.41, 5.74) is 0.488. The lowest BCUT2D eigenvalue weighted by atomic mass is 9.87. The summed E-state index contributed by atoms with van der Waals surface area (Å²) in [6, 6.07) is -0.319. The van der Waals surface area contributed by atoms with E-state index in [0.717, 1.165) is 11.3 Å². The molecule has 2 rings (SSSR count). The van der Waals surface area contributed by atoms with Gasteiger partial charge in [0.1, 0.15) is 9.77 Å². The van der Waals surface area contributed by atoms with Crippen molar-refractivity contribution in [3.63, 3.8) is 0 Å². The highest BCUT2D eigenvalue weighted by Gasteiger charge is 2.32. The molecule has 128 valence electrons. The summed E-state index contributed by atoms with van der Waals surface area (Å²) in [6.45, 7) is 1.62. The van der Waals surface area contributed by atoms with E-state index in [1.165, 1.54) is 7.11 Å². The summed E-state index contributed by atoms with van der Waals surface area (Å²) in [7, 11) is -2.66. The SMILES string of the molecule is COC(=O)c1scc(C)c1S(=O)(=O)NC1CCC(C(=O)O)CC1. The number of sulfonamides is 1. The number of aryl methyl sites for hydroxylation is 1. The molecule has 0 aliphatic heterocycles. The first-order valence-corrected chi connectivity index (χ1v) is 9.54. The fraction of sp³-hybridized carbons (Fsp3) is 0.571. The van der Waals surface area contributed by atoms with E-state index in [-0.39, 0.29) is 15.8 Å². The van der Waals surface area contributed by atoms with Crippen LogP contribution < -0.4 is 4.72 Å². The molecule has 0 spiro atoms. The minimum Gasteiger partial charge on any atom is -0.481 e. The van der Waals surface area contributed by atoms with Crippen LogP contribution in [0.25, 0.3) is 0 Å². The molecule has 1 saturated carbocycles. The third-order valence-corrected chi connectivity index (χ3v) is 6.87. The van der Waals surface area contributed by atoms with Gasteiger partial charge in [-0.1, -0.05) is 0 Å². The molecule has 0 radical (unpaired) electrons. The van der Waals surface area contributed by atoms with Gasteiger partial charge in [-0.2, -0.15) is 0 Å². The second-order valence-electron chi connectivity index (χ2n) is 5.58. The van der Waals surface area contributed by atoms with E-state index in [9.17, 15) is 18.0 Å². The first-order valence-electron chi connectivity index (χ1n) is 7.17. The number of methoxy groups -OCH3 is 1.